The van der Waals surface area contributed by atoms with E-state index in [1.807, 2.05) is 6.08 Å². The predicted octanol–water partition coefficient (Wildman–Crippen LogP) is 4.46. The molecule has 1 heteroatoms. The molecule has 0 amide bonds. The normalized spacial score (nSPS) is 10.3. The third-order valence-corrected chi connectivity index (χ3v) is 2.77. The first-order valence-electron chi connectivity index (χ1n) is 6.59. The highest BCUT2D eigenvalue weighted by Gasteiger charge is 2.10. The van der Waals surface area contributed by atoms with Crippen molar-refractivity contribution in [3.05, 3.63) is 41.5 Å². The molecular formula is C16H24O. The molecule has 0 heterocycles. The second-order valence-corrected chi connectivity index (χ2v) is 4.51. The lowest BCUT2D eigenvalue weighted by Crippen LogP contribution is -2.02. The smallest absolute Gasteiger partial charge is 0.126 e. The fraction of sp³-hybridized carbons (Fsp3) is 0.500. The van der Waals surface area contributed by atoms with Gasteiger partial charge in [-0.05, 0) is 30.9 Å². The van der Waals surface area contributed by atoms with Crippen LogP contribution in [0.5, 0.6) is 5.75 Å². The quantitative estimate of drug-likeness (QED) is 0.630. The highest BCUT2D eigenvalue weighted by atomic mass is 16.5. The van der Waals surface area contributed by atoms with Crippen molar-refractivity contribution < 1.29 is 4.74 Å². The highest BCUT2D eigenvalue weighted by Crippen LogP contribution is 2.28. The fourth-order valence-electron chi connectivity index (χ4n) is 2.17. The lowest BCUT2D eigenvalue weighted by atomic mass is 9.99. The molecule has 1 nitrogen and oxygen atoms in total. The fourth-order valence-corrected chi connectivity index (χ4v) is 2.17. The van der Waals surface area contributed by atoms with E-state index in [0.717, 1.165) is 31.4 Å². The molecule has 1 aromatic carbocycles. The average Bonchev–Trinajstić information content (AvgIpc) is 2.29. The maximum Gasteiger partial charge on any atom is 0.126 e. The van der Waals surface area contributed by atoms with Gasteiger partial charge in [-0.2, -0.15) is 0 Å². The first-order chi connectivity index (χ1) is 8.22. The first kappa shape index (κ1) is 13.8. The van der Waals surface area contributed by atoms with Crippen molar-refractivity contribution in [1.82, 2.24) is 0 Å². The van der Waals surface area contributed by atoms with E-state index < -0.39 is 0 Å². The minimum Gasteiger partial charge on any atom is -0.489 e. The van der Waals surface area contributed by atoms with Crippen LogP contribution in [-0.2, 0) is 12.8 Å². The second-order valence-electron chi connectivity index (χ2n) is 4.51. The zero-order valence-corrected chi connectivity index (χ0v) is 11.4. The average molecular weight is 232 g/mol. The van der Waals surface area contributed by atoms with E-state index in [0.29, 0.717) is 6.61 Å². The van der Waals surface area contributed by atoms with Crippen molar-refractivity contribution in [3.63, 3.8) is 0 Å². The SMILES string of the molecule is C=CCOc1c(CCC)cc(C)cc1CCC. The van der Waals surface area contributed by atoms with Crippen LogP contribution >= 0.6 is 0 Å². The van der Waals surface area contributed by atoms with Gasteiger partial charge in [0, 0.05) is 0 Å². The Labute approximate surface area is 106 Å². The Balaban J connectivity index is 3.10. The summed E-state index contributed by atoms with van der Waals surface area (Å²) in [6.07, 6.45) is 6.29. The summed E-state index contributed by atoms with van der Waals surface area (Å²) in [7, 11) is 0. The minimum absolute atomic E-state index is 0.594. The van der Waals surface area contributed by atoms with Crippen LogP contribution < -0.4 is 4.74 Å². The number of aryl methyl sites for hydroxylation is 3. The Kier molecular flexibility index (Phi) is 5.82. The maximum absolute atomic E-state index is 5.86. The molecule has 0 aliphatic carbocycles. The van der Waals surface area contributed by atoms with Gasteiger partial charge in [0.1, 0.15) is 12.4 Å². The van der Waals surface area contributed by atoms with E-state index in [1.54, 1.807) is 0 Å². The van der Waals surface area contributed by atoms with E-state index in [9.17, 15) is 0 Å². The summed E-state index contributed by atoms with van der Waals surface area (Å²) in [5, 5.41) is 0. The summed E-state index contributed by atoms with van der Waals surface area (Å²) in [6, 6.07) is 4.50. The molecule has 1 aromatic rings. The van der Waals surface area contributed by atoms with Gasteiger partial charge in [-0.25, -0.2) is 0 Å². The molecule has 0 aromatic heterocycles. The lowest BCUT2D eigenvalue weighted by molar-refractivity contribution is 0.354. The molecular weight excluding hydrogens is 208 g/mol. The zero-order valence-electron chi connectivity index (χ0n) is 11.4. The van der Waals surface area contributed by atoms with Gasteiger partial charge >= 0.3 is 0 Å². The highest BCUT2D eigenvalue weighted by molar-refractivity contribution is 5.45. The van der Waals surface area contributed by atoms with Crippen LogP contribution in [0.1, 0.15) is 43.4 Å². The third kappa shape index (κ3) is 3.92. The zero-order chi connectivity index (χ0) is 12.7. The number of benzene rings is 1. The van der Waals surface area contributed by atoms with Gasteiger partial charge in [0.15, 0.2) is 0 Å². The van der Waals surface area contributed by atoms with Crippen LogP contribution in [0.4, 0.5) is 0 Å². The van der Waals surface area contributed by atoms with Gasteiger partial charge < -0.3 is 4.74 Å². The van der Waals surface area contributed by atoms with Crippen LogP contribution in [0.25, 0.3) is 0 Å². The number of hydrogen-bond acceptors (Lipinski definition) is 1. The van der Waals surface area contributed by atoms with E-state index in [-0.39, 0.29) is 0 Å². The summed E-state index contributed by atoms with van der Waals surface area (Å²) < 4.78 is 5.86. The van der Waals surface area contributed by atoms with Crippen LogP contribution in [0.15, 0.2) is 24.8 Å². The van der Waals surface area contributed by atoms with Crippen LogP contribution in [0.2, 0.25) is 0 Å². The van der Waals surface area contributed by atoms with Gasteiger partial charge in [0.25, 0.3) is 0 Å². The molecule has 0 bridgehead atoms. The Morgan fingerprint density at radius 3 is 2.06 bits per heavy atom. The van der Waals surface area contributed by atoms with E-state index in [1.165, 1.54) is 16.7 Å². The minimum atomic E-state index is 0.594. The van der Waals surface area contributed by atoms with E-state index >= 15 is 0 Å². The van der Waals surface area contributed by atoms with Crippen LogP contribution in [0, 0.1) is 6.92 Å². The summed E-state index contributed by atoms with van der Waals surface area (Å²) in [5.41, 5.74) is 4.03. The molecule has 0 saturated heterocycles. The largest absolute Gasteiger partial charge is 0.489 e. The van der Waals surface area contributed by atoms with Gasteiger partial charge in [0.2, 0.25) is 0 Å². The molecule has 1 rings (SSSR count). The van der Waals surface area contributed by atoms with E-state index in [2.05, 4.69) is 39.5 Å². The molecule has 0 fully saturated rings. The third-order valence-electron chi connectivity index (χ3n) is 2.77. The molecule has 17 heavy (non-hydrogen) atoms. The molecule has 94 valence electrons. The first-order valence-corrected chi connectivity index (χ1v) is 6.59. The number of ether oxygens (including phenoxy) is 1. The summed E-state index contributed by atoms with van der Waals surface area (Å²) in [4.78, 5) is 0. The van der Waals surface area contributed by atoms with Crippen molar-refractivity contribution in [1.29, 1.82) is 0 Å². The van der Waals surface area contributed by atoms with Gasteiger partial charge in [-0.1, -0.05) is 57.0 Å². The van der Waals surface area contributed by atoms with Crippen LogP contribution in [-0.4, -0.2) is 6.61 Å². The topological polar surface area (TPSA) is 9.23 Å². The number of rotatable bonds is 7. The van der Waals surface area contributed by atoms with Crippen molar-refractivity contribution in [2.75, 3.05) is 6.61 Å². The molecule has 0 saturated carbocycles. The molecule has 0 aliphatic rings. The van der Waals surface area contributed by atoms with Crippen molar-refractivity contribution in [3.8, 4) is 5.75 Å². The van der Waals surface area contributed by atoms with Crippen molar-refractivity contribution in [2.24, 2.45) is 0 Å². The van der Waals surface area contributed by atoms with Gasteiger partial charge in [0.05, 0.1) is 0 Å². The second kappa shape index (κ2) is 7.16. The molecule has 0 radical (unpaired) electrons. The Bertz CT molecular complexity index is 339. The summed E-state index contributed by atoms with van der Waals surface area (Å²) in [6.45, 7) is 10.9. The summed E-state index contributed by atoms with van der Waals surface area (Å²) >= 11 is 0. The molecule has 0 atom stereocenters. The molecule has 0 N–H and O–H groups in total. The lowest BCUT2D eigenvalue weighted by Gasteiger charge is -2.16. The standard InChI is InChI=1S/C16H24O/c1-5-8-14-11-13(4)12-15(9-6-2)16(14)17-10-7-3/h7,11-12H,3,5-6,8-10H2,1-2,4H3. The van der Waals surface area contributed by atoms with Crippen molar-refractivity contribution >= 4 is 0 Å². The van der Waals surface area contributed by atoms with E-state index in [4.69, 9.17) is 4.74 Å². The molecule has 0 unspecified atom stereocenters. The van der Waals surface area contributed by atoms with Gasteiger partial charge in [-0.3, -0.25) is 0 Å². The molecule has 0 spiro atoms. The molecule has 0 aliphatic heterocycles. The van der Waals surface area contributed by atoms with Crippen molar-refractivity contribution in [2.45, 2.75) is 46.5 Å². The van der Waals surface area contributed by atoms with Crippen LogP contribution in [0.3, 0.4) is 0 Å². The number of hydrogen-bond donors (Lipinski definition) is 0. The maximum atomic E-state index is 5.86. The predicted molar refractivity (Wildman–Crippen MR) is 74.9 cm³/mol. The Morgan fingerprint density at radius 2 is 1.65 bits per heavy atom. The Morgan fingerprint density at radius 1 is 1.12 bits per heavy atom. The monoisotopic (exact) mass is 232 g/mol. The summed E-state index contributed by atoms with van der Waals surface area (Å²) in [5.74, 6) is 1.10. The van der Waals surface area contributed by atoms with Gasteiger partial charge in [-0.15, -0.1) is 0 Å². The Hall–Kier alpha value is -1.24.